The topological polar surface area (TPSA) is 103 Å². The molecule has 0 saturated carbocycles. The van der Waals surface area contributed by atoms with Gasteiger partial charge in [0.2, 0.25) is 0 Å². The molecule has 156 valence electrons. The van der Waals surface area contributed by atoms with Gasteiger partial charge in [0, 0.05) is 22.3 Å². The average Bonchev–Trinajstić information content (AvgIpc) is 2.77. The smallest absolute Gasteiger partial charge is 0.303 e. The van der Waals surface area contributed by atoms with E-state index in [-0.39, 0.29) is 6.61 Å². The minimum atomic E-state index is -0.806. The number of fused-ring (bicyclic) bond motifs is 1. The Bertz CT molecular complexity index is 909. The Hall–Kier alpha value is -2.55. The Morgan fingerprint density at radius 2 is 1.83 bits per heavy atom. The van der Waals surface area contributed by atoms with Crippen molar-refractivity contribution >= 4 is 17.7 Å². The number of benzene rings is 2. The first-order chi connectivity index (χ1) is 14.7. The molecule has 2 saturated heterocycles. The number of rotatable bonds is 5. The number of thioether (sulfide) groups is 1. The molecule has 0 N–H and O–H groups in total. The van der Waals surface area contributed by atoms with Gasteiger partial charge >= 0.3 is 5.97 Å². The normalized spacial score (nSPS) is 30.6. The first-order valence-corrected chi connectivity index (χ1v) is 10.4. The molecule has 0 radical (unpaired) electrons. The standard InChI is InChI=1S/C21H21N3O5S/c1-13(25)27-19-17(23-24-22)18-16(28-21(19)30-15-10-6-3-7-11-15)12-26-20(29-18)14-8-4-2-5-9-14/h2-11,16-21H,12H2,1H3/t16?,17-,18-,19?,20?,21-/m0/s1. The first kappa shape index (κ1) is 20.7. The highest BCUT2D eigenvalue weighted by atomic mass is 32.2. The third kappa shape index (κ3) is 4.61. The maximum Gasteiger partial charge on any atom is 0.303 e. The lowest BCUT2D eigenvalue weighted by atomic mass is 9.96. The molecule has 2 fully saturated rings. The summed E-state index contributed by atoms with van der Waals surface area (Å²) in [5.41, 5.74) is 9.48. The summed E-state index contributed by atoms with van der Waals surface area (Å²) in [6.07, 6.45) is -2.51. The van der Waals surface area contributed by atoms with Gasteiger partial charge in [0.05, 0.1) is 6.61 Å². The lowest BCUT2D eigenvalue weighted by Gasteiger charge is -2.47. The van der Waals surface area contributed by atoms with Crippen LogP contribution in [0.3, 0.4) is 0 Å². The maximum absolute atomic E-state index is 11.8. The van der Waals surface area contributed by atoms with E-state index in [1.54, 1.807) is 0 Å². The SMILES string of the molecule is CC(=O)OC1[C@@H](N=[N+]=[N-])[C@H]2OC(c3ccccc3)OCC2O[C@H]1Sc1ccccc1. The van der Waals surface area contributed by atoms with Gasteiger partial charge in [-0.15, -0.1) is 0 Å². The monoisotopic (exact) mass is 427 g/mol. The van der Waals surface area contributed by atoms with E-state index < -0.39 is 42.0 Å². The third-order valence-electron chi connectivity index (χ3n) is 4.86. The summed E-state index contributed by atoms with van der Waals surface area (Å²) in [5.74, 6) is -0.481. The minimum Gasteiger partial charge on any atom is -0.458 e. The van der Waals surface area contributed by atoms with E-state index in [1.807, 2.05) is 60.7 Å². The fourth-order valence-corrected chi connectivity index (χ4v) is 4.71. The van der Waals surface area contributed by atoms with Crippen LogP contribution in [0.5, 0.6) is 0 Å². The van der Waals surface area contributed by atoms with Crippen molar-refractivity contribution in [3.8, 4) is 0 Å². The molecule has 0 aromatic heterocycles. The van der Waals surface area contributed by atoms with Crippen molar-refractivity contribution < 1.29 is 23.7 Å². The lowest BCUT2D eigenvalue weighted by molar-refractivity contribution is -0.298. The maximum atomic E-state index is 11.8. The molecule has 2 aromatic rings. The second-order valence-electron chi connectivity index (χ2n) is 6.92. The number of hydrogen-bond donors (Lipinski definition) is 0. The number of ether oxygens (including phenoxy) is 4. The van der Waals surface area contributed by atoms with Crippen molar-refractivity contribution in [3.63, 3.8) is 0 Å². The summed E-state index contributed by atoms with van der Waals surface area (Å²) >= 11 is 1.40. The van der Waals surface area contributed by atoms with Gasteiger partial charge in [-0.1, -0.05) is 65.4 Å². The molecule has 30 heavy (non-hydrogen) atoms. The predicted molar refractivity (Wildman–Crippen MR) is 109 cm³/mol. The van der Waals surface area contributed by atoms with Gasteiger partial charge in [-0.3, -0.25) is 4.79 Å². The van der Waals surface area contributed by atoms with Gasteiger partial charge in [0.15, 0.2) is 6.29 Å². The fraction of sp³-hybridized carbons (Fsp3) is 0.381. The van der Waals surface area contributed by atoms with E-state index in [1.165, 1.54) is 18.7 Å². The summed E-state index contributed by atoms with van der Waals surface area (Å²) in [6.45, 7) is 1.58. The number of esters is 1. The van der Waals surface area contributed by atoms with E-state index >= 15 is 0 Å². The van der Waals surface area contributed by atoms with Crippen LogP contribution in [0.4, 0.5) is 0 Å². The highest BCUT2D eigenvalue weighted by Gasteiger charge is 2.51. The molecule has 2 aliphatic rings. The molecule has 4 rings (SSSR count). The van der Waals surface area contributed by atoms with Crippen molar-refractivity contribution in [2.45, 2.75) is 47.9 Å². The number of carbonyl (C=O) groups is 1. The molecule has 0 aliphatic carbocycles. The zero-order valence-corrected chi connectivity index (χ0v) is 17.1. The Balaban J connectivity index is 1.61. The van der Waals surface area contributed by atoms with Crippen LogP contribution in [0.1, 0.15) is 18.8 Å². The molecular formula is C21H21N3O5S. The number of azide groups is 1. The van der Waals surface area contributed by atoms with E-state index in [2.05, 4.69) is 10.0 Å². The quantitative estimate of drug-likeness (QED) is 0.306. The molecule has 0 spiro atoms. The van der Waals surface area contributed by atoms with Crippen LogP contribution in [0.25, 0.3) is 10.4 Å². The van der Waals surface area contributed by atoms with Gasteiger partial charge < -0.3 is 18.9 Å². The molecular weight excluding hydrogens is 406 g/mol. The van der Waals surface area contributed by atoms with E-state index in [4.69, 9.17) is 18.9 Å². The van der Waals surface area contributed by atoms with Crippen molar-refractivity contribution in [1.29, 1.82) is 0 Å². The molecule has 3 unspecified atom stereocenters. The zero-order valence-electron chi connectivity index (χ0n) is 16.2. The van der Waals surface area contributed by atoms with Gasteiger partial charge in [-0.25, -0.2) is 0 Å². The van der Waals surface area contributed by atoms with E-state index in [0.29, 0.717) is 0 Å². The van der Waals surface area contributed by atoms with Crippen LogP contribution in [0.2, 0.25) is 0 Å². The molecule has 0 bridgehead atoms. The Kier molecular flexibility index (Phi) is 6.56. The summed E-state index contributed by atoms with van der Waals surface area (Å²) in [4.78, 5) is 15.8. The van der Waals surface area contributed by atoms with E-state index in [9.17, 15) is 10.3 Å². The largest absolute Gasteiger partial charge is 0.458 e. The molecule has 2 aromatic carbocycles. The molecule has 0 amide bonds. The number of nitrogens with zero attached hydrogens (tertiary/aromatic N) is 3. The second kappa shape index (κ2) is 9.51. The molecule has 9 heteroatoms. The van der Waals surface area contributed by atoms with Crippen LogP contribution in [0.15, 0.2) is 70.7 Å². The second-order valence-corrected chi connectivity index (χ2v) is 8.09. The van der Waals surface area contributed by atoms with Gasteiger partial charge in [-0.2, -0.15) is 0 Å². The third-order valence-corrected chi connectivity index (χ3v) is 6.02. The van der Waals surface area contributed by atoms with Crippen molar-refractivity contribution in [2.75, 3.05) is 6.61 Å². The average molecular weight is 427 g/mol. The number of carbonyl (C=O) groups excluding carboxylic acids is 1. The van der Waals surface area contributed by atoms with Crippen LogP contribution in [0, 0.1) is 0 Å². The molecule has 6 atom stereocenters. The van der Waals surface area contributed by atoms with E-state index in [0.717, 1.165) is 10.5 Å². The zero-order chi connectivity index (χ0) is 20.9. The summed E-state index contributed by atoms with van der Waals surface area (Å²) in [7, 11) is 0. The minimum absolute atomic E-state index is 0.264. The van der Waals surface area contributed by atoms with Gasteiger partial charge in [-0.05, 0) is 17.7 Å². The predicted octanol–water partition coefficient (Wildman–Crippen LogP) is 4.23. The van der Waals surface area contributed by atoms with Crippen LogP contribution in [-0.4, -0.2) is 42.4 Å². The number of hydrogen-bond acceptors (Lipinski definition) is 7. The highest BCUT2D eigenvalue weighted by molar-refractivity contribution is 7.99. The van der Waals surface area contributed by atoms with Gasteiger partial charge in [0.25, 0.3) is 0 Å². The molecule has 8 nitrogen and oxygen atoms in total. The van der Waals surface area contributed by atoms with Gasteiger partial charge in [0.1, 0.15) is 29.8 Å². The highest BCUT2D eigenvalue weighted by Crippen LogP contribution is 2.41. The van der Waals surface area contributed by atoms with Crippen molar-refractivity contribution in [3.05, 3.63) is 76.7 Å². The Morgan fingerprint density at radius 1 is 1.13 bits per heavy atom. The summed E-state index contributed by atoms with van der Waals surface area (Å²) in [6, 6.07) is 18.4. The Morgan fingerprint density at radius 3 is 2.50 bits per heavy atom. The van der Waals surface area contributed by atoms with Crippen molar-refractivity contribution in [1.82, 2.24) is 0 Å². The van der Waals surface area contributed by atoms with Crippen LogP contribution in [-0.2, 0) is 23.7 Å². The molecule has 2 aliphatic heterocycles. The summed E-state index contributed by atoms with van der Waals surface area (Å²) < 4.78 is 23.8. The first-order valence-electron chi connectivity index (χ1n) is 9.56. The lowest BCUT2D eigenvalue weighted by Crippen LogP contribution is -2.61. The Labute approximate surface area is 178 Å². The summed E-state index contributed by atoms with van der Waals surface area (Å²) in [5, 5.41) is 3.95. The fourth-order valence-electron chi connectivity index (χ4n) is 3.58. The van der Waals surface area contributed by atoms with Crippen LogP contribution < -0.4 is 0 Å². The van der Waals surface area contributed by atoms with Crippen molar-refractivity contribution in [2.24, 2.45) is 5.11 Å². The van der Waals surface area contributed by atoms with Crippen LogP contribution >= 0.6 is 11.8 Å². The molecule has 2 heterocycles.